The maximum Gasteiger partial charge on any atom is 0.0750 e. The van der Waals surface area contributed by atoms with E-state index in [0.717, 1.165) is 12.1 Å². The van der Waals surface area contributed by atoms with Gasteiger partial charge in [0, 0.05) is 24.2 Å². The highest BCUT2D eigenvalue weighted by Crippen LogP contribution is 2.22. The SMILES string of the molecule is CCC(CC)CNC(CN)c1cccc2cccnc12. The van der Waals surface area contributed by atoms with E-state index in [1.54, 1.807) is 0 Å². The van der Waals surface area contributed by atoms with Gasteiger partial charge in [0.2, 0.25) is 0 Å². The van der Waals surface area contributed by atoms with Crippen molar-refractivity contribution < 1.29 is 0 Å². The molecule has 1 unspecified atom stereocenters. The Morgan fingerprint density at radius 2 is 1.90 bits per heavy atom. The van der Waals surface area contributed by atoms with Crippen molar-refractivity contribution in [3.8, 4) is 0 Å². The Bertz CT molecular complexity index is 529. The lowest BCUT2D eigenvalue weighted by molar-refractivity contribution is 0.415. The average Bonchev–Trinajstić information content (AvgIpc) is 2.51. The van der Waals surface area contributed by atoms with Gasteiger partial charge in [0.05, 0.1) is 5.52 Å². The molecule has 1 aromatic carbocycles. The number of hydrogen-bond acceptors (Lipinski definition) is 3. The summed E-state index contributed by atoms with van der Waals surface area (Å²) in [6, 6.07) is 10.6. The molecule has 0 spiro atoms. The van der Waals surface area contributed by atoms with Gasteiger partial charge in [-0.15, -0.1) is 0 Å². The molecule has 0 saturated heterocycles. The number of nitrogens with one attached hydrogen (secondary N) is 1. The smallest absolute Gasteiger partial charge is 0.0750 e. The molecule has 0 aliphatic heterocycles. The number of nitrogens with zero attached hydrogens (tertiary/aromatic N) is 1. The summed E-state index contributed by atoms with van der Waals surface area (Å²) in [5.41, 5.74) is 8.24. The van der Waals surface area contributed by atoms with E-state index in [1.165, 1.54) is 23.8 Å². The Balaban J connectivity index is 2.21. The first-order chi connectivity index (χ1) is 9.80. The molecule has 0 fully saturated rings. The van der Waals surface area contributed by atoms with Gasteiger partial charge in [-0.25, -0.2) is 0 Å². The summed E-state index contributed by atoms with van der Waals surface area (Å²) >= 11 is 0. The quantitative estimate of drug-likeness (QED) is 0.812. The van der Waals surface area contributed by atoms with Crippen LogP contribution in [0.3, 0.4) is 0 Å². The highest BCUT2D eigenvalue weighted by molar-refractivity contribution is 5.82. The number of rotatable bonds is 7. The van der Waals surface area contributed by atoms with Gasteiger partial charge in [-0.05, 0) is 24.1 Å². The molecule has 0 radical (unpaired) electrons. The van der Waals surface area contributed by atoms with Crippen LogP contribution in [0.5, 0.6) is 0 Å². The van der Waals surface area contributed by atoms with Crippen LogP contribution in [-0.2, 0) is 0 Å². The molecular weight excluding hydrogens is 246 g/mol. The fraction of sp³-hybridized carbons (Fsp3) is 0.471. The van der Waals surface area contributed by atoms with E-state index in [-0.39, 0.29) is 6.04 Å². The van der Waals surface area contributed by atoms with E-state index >= 15 is 0 Å². The van der Waals surface area contributed by atoms with Crippen molar-refractivity contribution in [3.63, 3.8) is 0 Å². The highest BCUT2D eigenvalue weighted by atomic mass is 14.9. The molecule has 1 aromatic heterocycles. The highest BCUT2D eigenvalue weighted by Gasteiger charge is 2.14. The van der Waals surface area contributed by atoms with E-state index in [9.17, 15) is 0 Å². The van der Waals surface area contributed by atoms with E-state index in [4.69, 9.17) is 5.73 Å². The molecule has 20 heavy (non-hydrogen) atoms. The van der Waals surface area contributed by atoms with Crippen LogP contribution in [0.15, 0.2) is 36.5 Å². The molecule has 0 aliphatic rings. The second-order valence-corrected chi connectivity index (χ2v) is 5.30. The maximum absolute atomic E-state index is 5.97. The first kappa shape index (κ1) is 14.9. The third-order valence-electron chi connectivity index (χ3n) is 4.08. The number of hydrogen-bond donors (Lipinski definition) is 2. The lowest BCUT2D eigenvalue weighted by Gasteiger charge is -2.22. The Kier molecular flexibility index (Phi) is 5.50. The summed E-state index contributed by atoms with van der Waals surface area (Å²) in [6.07, 6.45) is 4.25. The fourth-order valence-electron chi connectivity index (χ4n) is 2.62. The minimum absolute atomic E-state index is 0.175. The molecule has 1 atom stereocenters. The second-order valence-electron chi connectivity index (χ2n) is 5.30. The van der Waals surface area contributed by atoms with Gasteiger partial charge in [-0.2, -0.15) is 0 Å². The summed E-state index contributed by atoms with van der Waals surface area (Å²) in [6.45, 7) is 6.09. The van der Waals surface area contributed by atoms with E-state index in [2.05, 4.69) is 48.4 Å². The number of nitrogens with two attached hydrogens (primary N) is 1. The topological polar surface area (TPSA) is 50.9 Å². The van der Waals surface area contributed by atoms with Gasteiger partial charge < -0.3 is 11.1 Å². The molecule has 0 bridgehead atoms. The molecule has 0 amide bonds. The Labute approximate surface area is 121 Å². The molecule has 0 aliphatic carbocycles. The first-order valence-corrected chi connectivity index (χ1v) is 7.57. The lowest BCUT2D eigenvalue weighted by atomic mass is 10.00. The van der Waals surface area contributed by atoms with Crippen molar-refractivity contribution in [2.45, 2.75) is 32.7 Å². The van der Waals surface area contributed by atoms with Crippen molar-refractivity contribution >= 4 is 10.9 Å². The van der Waals surface area contributed by atoms with Crippen molar-refractivity contribution in [2.24, 2.45) is 11.7 Å². The van der Waals surface area contributed by atoms with Crippen molar-refractivity contribution in [2.75, 3.05) is 13.1 Å². The molecule has 1 heterocycles. The lowest BCUT2D eigenvalue weighted by Crippen LogP contribution is -2.32. The third kappa shape index (κ3) is 3.35. The molecule has 3 heteroatoms. The molecule has 108 valence electrons. The maximum atomic E-state index is 5.97. The standard InChI is InChI=1S/C17H25N3/c1-3-13(4-2)12-20-16(11-18)15-9-5-7-14-8-6-10-19-17(14)15/h5-10,13,16,20H,3-4,11-12,18H2,1-2H3. The number of aromatic nitrogens is 1. The zero-order chi connectivity index (χ0) is 14.4. The van der Waals surface area contributed by atoms with Crippen molar-refractivity contribution in [3.05, 3.63) is 42.1 Å². The average molecular weight is 271 g/mol. The molecule has 3 nitrogen and oxygen atoms in total. The van der Waals surface area contributed by atoms with Crippen LogP contribution >= 0.6 is 0 Å². The molecule has 2 rings (SSSR count). The van der Waals surface area contributed by atoms with Gasteiger partial charge in [0.25, 0.3) is 0 Å². The number of benzene rings is 1. The number of fused-ring (bicyclic) bond motifs is 1. The summed E-state index contributed by atoms with van der Waals surface area (Å²) < 4.78 is 0. The third-order valence-corrected chi connectivity index (χ3v) is 4.08. The molecule has 2 aromatic rings. The van der Waals surface area contributed by atoms with Gasteiger partial charge in [-0.3, -0.25) is 4.98 Å². The minimum atomic E-state index is 0.175. The van der Waals surface area contributed by atoms with Gasteiger partial charge in [0.1, 0.15) is 0 Å². The molecule has 0 saturated carbocycles. The first-order valence-electron chi connectivity index (χ1n) is 7.57. The van der Waals surface area contributed by atoms with Crippen molar-refractivity contribution in [1.82, 2.24) is 10.3 Å². The number of pyridine rings is 1. The predicted octanol–water partition coefficient (Wildman–Crippen LogP) is 3.26. The van der Waals surface area contributed by atoms with Gasteiger partial charge in [-0.1, -0.05) is 51.0 Å². The van der Waals surface area contributed by atoms with Crippen LogP contribution < -0.4 is 11.1 Å². The Morgan fingerprint density at radius 1 is 1.15 bits per heavy atom. The number of para-hydroxylation sites is 1. The predicted molar refractivity (Wildman–Crippen MR) is 85.6 cm³/mol. The van der Waals surface area contributed by atoms with Crippen LogP contribution in [0.1, 0.15) is 38.3 Å². The van der Waals surface area contributed by atoms with E-state index in [1.807, 2.05) is 12.3 Å². The van der Waals surface area contributed by atoms with Gasteiger partial charge >= 0.3 is 0 Å². The van der Waals surface area contributed by atoms with Gasteiger partial charge in [0.15, 0.2) is 0 Å². The fourth-order valence-corrected chi connectivity index (χ4v) is 2.62. The monoisotopic (exact) mass is 271 g/mol. The van der Waals surface area contributed by atoms with E-state index in [0.29, 0.717) is 12.5 Å². The van der Waals surface area contributed by atoms with Crippen LogP contribution in [0, 0.1) is 5.92 Å². The van der Waals surface area contributed by atoms with Crippen LogP contribution in [0.25, 0.3) is 10.9 Å². The minimum Gasteiger partial charge on any atom is -0.329 e. The largest absolute Gasteiger partial charge is 0.329 e. The normalized spacial score (nSPS) is 13.0. The summed E-state index contributed by atoms with van der Waals surface area (Å²) in [5.74, 6) is 0.715. The summed E-state index contributed by atoms with van der Waals surface area (Å²) in [5, 5.41) is 4.79. The van der Waals surface area contributed by atoms with Crippen LogP contribution in [0.4, 0.5) is 0 Å². The Morgan fingerprint density at radius 3 is 2.60 bits per heavy atom. The summed E-state index contributed by atoms with van der Waals surface area (Å²) in [4.78, 5) is 4.52. The van der Waals surface area contributed by atoms with E-state index < -0.39 is 0 Å². The van der Waals surface area contributed by atoms with Crippen LogP contribution in [-0.4, -0.2) is 18.1 Å². The Hall–Kier alpha value is -1.45. The van der Waals surface area contributed by atoms with Crippen molar-refractivity contribution in [1.29, 1.82) is 0 Å². The molecular formula is C17H25N3. The zero-order valence-electron chi connectivity index (χ0n) is 12.5. The molecule has 3 N–H and O–H groups in total. The summed E-state index contributed by atoms with van der Waals surface area (Å²) in [7, 11) is 0. The van der Waals surface area contributed by atoms with Crippen LogP contribution in [0.2, 0.25) is 0 Å². The second kappa shape index (κ2) is 7.36. The zero-order valence-corrected chi connectivity index (χ0v) is 12.5.